The van der Waals surface area contributed by atoms with Crippen molar-refractivity contribution in [2.24, 2.45) is 0 Å². The van der Waals surface area contributed by atoms with E-state index in [0.29, 0.717) is 0 Å². The monoisotopic (exact) mass is 239 g/mol. The molecule has 0 bridgehead atoms. The van der Waals surface area contributed by atoms with Crippen molar-refractivity contribution in [1.29, 1.82) is 0 Å². The van der Waals surface area contributed by atoms with Crippen LogP contribution in [-0.4, -0.2) is 13.2 Å². The molecular weight excluding hydrogens is 224 g/mol. The van der Waals surface area contributed by atoms with E-state index in [9.17, 15) is 0 Å². The van der Waals surface area contributed by atoms with Crippen molar-refractivity contribution in [2.45, 2.75) is 12.5 Å². The van der Waals surface area contributed by atoms with Crippen molar-refractivity contribution in [3.8, 4) is 22.6 Å². The molecule has 0 aliphatic carbocycles. The second kappa shape index (κ2) is 4.37. The molecule has 1 atom stereocenters. The van der Waals surface area contributed by atoms with Crippen LogP contribution in [0, 0.1) is 6.92 Å². The molecule has 1 heterocycles. The van der Waals surface area contributed by atoms with Crippen molar-refractivity contribution in [3.63, 3.8) is 0 Å². The van der Waals surface area contributed by atoms with Crippen LogP contribution >= 0.6 is 0 Å². The second-order valence-corrected chi connectivity index (χ2v) is 4.47. The number of ether oxygens (including phenoxy) is 2. The Balaban J connectivity index is 2.10. The van der Waals surface area contributed by atoms with E-state index in [1.165, 1.54) is 5.56 Å². The third-order valence-corrected chi connectivity index (χ3v) is 3.21. The van der Waals surface area contributed by atoms with Crippen LogP contribution in [0.25, 0.3) is 11.1 Å². The van der Waals surface area contributed by atoms with Gasteiger partial charge in [0.2, 0.25) is 0 Å². The molecule has 0 aromatic heterocycles. The van der Waals surface area contributed by atoms with Crippen LogP contribution in [0.3, 0.4) is 0 Å². The maximum atomic E-state index is 5.81. The third kappa shape index (κ3) is 1.84. The van der Waals surface area contributed by atoms with Gasteiger partial charge in [0, 0.05) is 12.0 Å². The highest BCUT2D eigenvalue weighted by Crippen LogP contribution is 2.39. The largest absolute Gasteiger partial charge is 0.497 e. The van der Waals surface area contributed by atoms with Gasteiger partial charge < -0.3 is 9.47 Å². The Kier molecular flexibility index (Phi) is 2.71. The molecule has 18 heavy (non-hydrogen) atoms. The van der Waals surface area contributed by atoms with E-state index in [0.717, 1.165) is 29.0 Å². The molecule has 2 aromatic rings. The van der Waals surface area contributed by atoms with E-state index in [1.807, 2.05) is 18.2 Å². The van der Waals surface area contributed by atoms with Crippen LogP contribution in [0.1, 0.15) is 5.56 Å². The van der Waals surface area contributed by atoms with Crippen LogP contribution in [0.5, 0.6) is 11.5 Å². The summed E-state index contributed by atoms with van der Waals surface area (Å²) in [5.41, 5.74) is 3.45. The van der Waals surface area contributed by atoms with Gasteiger partial charge >= 0.3 is 0 Å². The summed E-state index contributed by atoms with van der Waals surface area (Å²) in [6, 6.07) is 14.3. The number of benzene rings is 2. The number of rotatable bonds is 2. The fourth-order valence-electron chi connectivity index (χ4n) is 2.36. The Morgan fingerprint density at radius 1 is 1.22 bits per heavy atom. The smallest absolute Gasteiger partial charge is 0.130 e. The summed E-state index contributed by atoms with van der Waals surface area (Å²) in [5.74, 6) is 1.82. The topological polar surface area (TPSA) is 18.5 Å². The van der Waals surface area contributed by atoms with E-state index < -0.39 is 0 Å². The summed E-state index contributed by atoms with van der Waals surface area (Å²) in [6.45, 7) is 3.97. The predicted octanol–water partition coefficient (Wildman–Crippen LogP) is 3.50. The zero-order valence-corrected chi connectivity index (χ0v) is 10.3. The van der Waals surface area contributed by atoms with Crippen LogP contribution in [-0.2, 0) is 6.42 Å². The SMILES string of the molecule is [CH2]C1Cc2cccc(-c3cccc(OC)c3)c2O1. The highest BCUT2D eigenvalue weighted by molar-refractivity contribution is 5.74. The summed E-state index contributed by atoms with van der Waals surface area (Å²) < 4.78 is 11.1. The number of fused-ring (bicyclic) bond motifs is 1. The fourth-order valence-corrected chi connectivity index (χ4v) is 2.36. The lowest BCUT2D eigenvalue weighted by Gasteiger charge is -2.10. The Labute approximate surface area is 107 Å². The van der Waals surface area contributed by atoms with Crippen LogP contribution in [0.2, 0.25) is 0 Å². The van der Waals surface area contributed by atoms with Crippen molar-refractivity contribution < 1.29 is 9.47 Å². The molecule has 3 rings (SSSR count). The molecule has 0 spiro atoms. The molecule has 2 aromatic carbocycles. The summed E-state index contributed by atoms with van der Waals surface area (Å²) >= 11 is 0. The fraction of sp³-hybridized carbons (Fsp3) is 0.188. The number of para-hydroxylation sites is 1. The second-order valence-electron chi connectivity index (χ2n) is 4.47. The molecule has 91 valence electrons. The quantitative estimate of drug-likeness (QED) is 0.798. The predicted molar refractivity (Wildman–Crippen MR) is 71.9 cm³/mol. The minimum atomic E-state index is 0.0201. The summed E-state index contributed by atoms with van der Waals surface area (Å²) in [4.78, 5) is 0. The first-order chi connectivity index (χ1) is 8.78. The first-order valence-electron chi connectivity index (χ1n) is 6.04. The van der Waals surface area contributed by atoms with Gasteiger partial charge in [0.15, 0.2) is 0 Å². The zero-order valence-electron chi connectivity index (χ0n) is 10.3. The van der Waals surface area contributed by atoms with Crippen LogP contribution in [0.4, 0.5) is 0 Å². The average molecular weight is 239 g/mol. The molecule has 1 aliphatic heterocycles. The minimum Gasteiger partial charge on any atom is -0.497 e. The van der Waals surface area contributed by atoms with Gasteiger partial charge in [-0.05, 0) is 30.2 Å². The van der Waals surface area contributed by atoms with Crippen LogP contribution in [0.15, 0.2) is 42.5 Å². The molecule has 1 radical (unpaired) electrons. The molecule has 2 nitrogen and oxygen atoms in total. The highest BCUT2D eigenvalue weighted by atomic mass is 16.5. The van der Waals surface area contributed by atoms with E-state index in [-0.39, 0.29) is 6.10 Å². The molecule has 0 N–H and O–H groups in total. The molecular formula is C16H15O2. The van der Waals surface area contributed by atoms with Crippen molar-refractivity contribution in [1.82, 2.24) is 0 Å². The van der Waals surface area contributed by atoms with Gasteiger partial charge in [0.05, 0.1) is 7.11 Å². The van der Waals surface area contributed by atoms with Gasteiger partial charge in [-0.25, -0.2) is 0 Å². The lowest BCUT2D eigenvalue weighted by molar-refractivity contribution is 0.282. The Hall–Kier alpha value is -1.96. The Morgan fingerprint density at radius 2 is 2.06 bits per heavy atom. The molecule has 2 heteroatoms. The molecule has 0 saturated carbocycles. The zero-order chi connectivity index (χ0) is 12.5. The number of hydrogen-bond acceptors (Lipinski definition) is 2. The Bertz CT molecular complexity index is 575. The van der Waals surface area contributed by atoms with E-state index in [4.69, 9.17) is 9.47 Å². The maximum Gasteiger partial charge on any atom is 0.130 e. The molecule has 0 saturated heterocycles. The van der Waals surface area contributed by atoms with Crippen molar-refractivity contribution >= 4 is 0 Å². The van der Waals surface area contributed by atoms with E-state index >= 15 is 0 Å². The summed E-state index contributed by atoms with van der Waals surface area (Å²) in [5, 5.41) is 0. The van der Waals surface area contributed by atoms with Gasteiger partial charge in [-0.3, -0.25) is 0 Å². The van der Waals surface area contributed by atoms with Gasteiger partial charge in [0.1, 0.15) is 17.6 Å². The van der Waals surface area contributed by atoms with Gasteiger partial charge in [0.25, 0.3) is 0 Å². The van der Waals surface area contributed by atoms with Crippen molar-refractivity contribution in [2.75, 3.05) is 7.11 Å². The maximum absolute atomic E-state index is 5.81. The first kappa shape index (κ1) is 11.1. The highest BCUT2D eigenvalue weighted by Gasteiger charge is 2.22. The van der Waals surface area contributed by atoms with Gasteiger partial charge in [-0.2, -0.15) is 0 Å². The first-order valence-corrected chi connectivity index (χ1v) is 6.04. The average Bonchev–Trinajstić information content (AvgIpc) is 2.78. The van der Waals surface area contributed by atoms with Gasteiger partial charge in [-0.1, -0.05) is 30.3 Å². The lowest BCUT2D eigenvalue weighted by atomic mass is 10.0. The van der Waals surface area contributed by atoms with Crippen LogP contribution < -0.4 is 9.47 Å². The van der Waals surface area contributed by atoms with E-state index in [1.54, 1.807) is 7.11 Å². The molecule has 0 amide bonds. The number of hydrogen-bond donors (Lipinski definition) is 0. The van der Waals surface area contributed by atoms with E-state index in [2.05, 4.69) is 31.2 Å². The summed E-state index contributed by atoms with van der Waals surface area (Å²) in [7, 11) is 1.68. The third-order valence-electron chi connectivity index (χ3n) is 3.21. The summed E-state index contributed by atoms with van der Waals surface area (Å²) in [6.07, 6.45) is 0.902. The lowest BCUT2D eigenvalue weighted by Crippen LogP contribution is -2.06. The number of methoxy groups -OCH3 is 1. The molecule has 1 aliphatic rings. The molecule has 0 fully saturated rings. The normalized spacial score (nSPS) is 17.1. The van der Waals surface area contributed by atoms with Gasteiger partial charge in [-0.15, -0.1) is 0 Å². The molecule has 1 unspecified atom stereocenters. The minimum absolute atomic E-state index is 0.0201. The Morgan fingerprint density at radius 3 is 2.89 bits per heavy atom. The standard InChI is InChI=1S/C16H15O2/c1-11-9-13-6-4-8-15(16(13)18-11)12-5-3-7-14(10-12)17-2/h3-8,10-11H,1,9H2,2H3. The van der Waals surface area contributed by atoms with Crippen molar-refractivity contribution in [3.05, 3.63) is 55.0 Å².